The molecule has 0 saturated carbocycles. The van der Waals surface area contributed by atoms with Gasteiger partial charge in [0.15, 0.2) is 6.61 Å². The molecule has 0 saturated heterocycles. The third kappa shape index (κ3) is 4.99. The molecular formula is C19H17N3O2S. The summed E-state index contributed by atoms with van der Waals surface area (Å²) in [5.41, 5.74) is 5.38. The van der Waals surface area contributed by atoms with Gasteiger partial charge in [-0.25, -0.2) is 10.4 Å². The average Bonchev–Trinajstić information content (AvgIpc) is 3.06. The highest BCUT2D eigenvalue weighted by Crippen LogP contribution is 2.21. The lowest BCUT2D eigenvalue weighted by atomic mass is 10.1. The van der Waals surface area contributed by atoms with Gasteiger partial charge in [0, 0.05) is 5.38 Å². The number of carbonyl (C=O) groups is 1. The summed E-state index contributed by atoms with van der Waals surface area (Å²) in [5.74, 6) is 0.310. The summed E-state index contributed by atoms with van der Waals surface area (Å²) in [6.07, 6.45) is 1.51. The quantitative estimate of drug-likeness (QED) is 0.545. The minimum atomic E-state index is -0.324. The maximum Gasteiger partial charge on any atom is 0.277 e. The number of nitrogens with zero attached hydrogens (tertiary/aromatic N) is 2. The molecule has 0 aliphatic carbocycles. The molecule has 2 aromatic carbocycles. The average molecular weight is 351 g/mol. The second-order valence-electron chi connectivity index (χ2n) is 5.26. The molecule has 0 aliphatic rings. The Morgan fingerprint density at radius 1 is 1.16 bits per heavy atom. The number of nitrogens with one attached hydrogen (secondary N) is 1. The lowest BCUT2D eigenvalue weighted by Crippen LogP contribution is -2.24. The van der Waals surface area contributed by atoms with Gasteiger partial charge in [-0.2, -0.15) is 5.10 Å². The van der Waals surface area contributed by atoms with Gasteiger partial charge < -0.3 is 4.74 Å². The minimum absolute atomic E-state index is 0.0991. The number of benzene rings is 2. The van der Waals surface area contributed by atoms with Crippen LogP contribution in [-0.4, -0.2) is 23.7 Å². The molecule has 1 aromatic heterocycles. The van der Waals surface area contributed by atoms with Crippen LogP contribution in [0.1, 0.15) is 10.7 Å². The first kappa shape index (κ1) is 16.9. The Balaban J connectivity index is 1.48. The number of thiazole rings is 1. The molecule has 25 heavy (non-hydrogen) atoms. The van der Waals surface area contributed by atoms with Crippen molar-refractivity contribution >= 4 is 23.5 Å². The lowest BCUT2D eigenvalue weighted by molar-refractivity contribution is -0.123. The van der Waals surface area contributed by atoms with Crippen molar-refractivity contribution in [2.75, 3.05) is 6.61 Å². The van der Waals surface area contributed by atoms with E-state index in [1.54, 1.807) is 0 Å². The van der Waals surface area contributed by atoms with Crippen molar-refractivity contribution in [3.05, 3.63) is 70.7 Å². The first-order valence-electron chi connectivity index (χ1n) is 7.73. The number of aromatic nitrogens is 1. The molecule has 0 fully saturated rings. The van der Waals surface area contributed by atoms with Gasteiger partial charge in [-0.05, 0) is 30.2 Å². The van der Waals surface area contributed by atoms with E-state index >= 15 is 0 Å². The predicted octanol–water partition coefficient (Wildman–Crippen LogP) is 3.65. The minimum Gasteiger partial charge on any atom is -0.484 e. The molecule has 0 atom stereocenters. The van der Waals surface area contributed by atoms with E-state index in [1.807, 2.05) is 66.9 Å². The molecule has 0 aliphatic heterocycles. The van der Waals surface area contributed by atoms with Crippen molar-refractivity contribution in [2.24, 2.45) is 5.10 Å². The highest BCUT2D eigenvalue weighted by molar-refractivity contribution is 7.09. The van der Waals surface area contributed by atoms with Crippen LogP contribution in [-0.2, 0) is 4.79 Å². The molecular weight excluding hydrogens is 334 g/mol. The van der Waals surface area contributed by atoms with Crippen LogP contribution in [0.25, 0.3) is 11.1 Å². The Morgan fingerprint density at radius 2 is 1.88 bits per heavy atom. The zero-order valence-corrected chi connectivity index (χ0v) is 14.5. The van der Waals surface area contributed by atoms with Crippen molar-refractivity contribution in [3.8, 4) is 16.9 Å². The third-order valence-electron chi connectivity index (χ3n) is 3.35. The summed E-state index contributed by atoms with van der Waals surface area (Å²) in [6, 6.07) is 17.7. The van der Waals surface area contributed by atoms with Crippen LogP contribution >= 0.6 is 11.3 Å². The fourth-order valence-corrected chi connectivity index (χ4v) is 2.73. The van der Waals surface area contributed by atoms with Crippen molar-refractivity contribution in [1.29, 1.82) is 0 Å². The van der Waals surface area contributed by atoms with E-state index in [9.17, 15) is 4.79 Å². The van der Waals surface area contributed by atoms with Crippen LogP contribution in [0.3, 0.4) is 0 Å². The Labute approximate surface area is 150 Å². The zero-order chi connectivity index (χ0) is 17.5. The van der Waals surface area contributed by atoms with Gasteiger partial charge in [-0.15, -0.1) is 11.3 Å². The van der Waals surface area contributed by atoms with Gasteiger partial charge in [0.05, 0.1) is 16.9 Å². The van der Waals surface area contributed by atoms with Crippen LogP contribution in [0, 0.1) is 6.92 Å². The van der Waals surface area contributed by atoms with E-state index in [4.69, 9.17) is 4.74 Å². The van der Waals surface area contributed by atoms with Crippen molar-refractivity contribution in [1.82, 2.24) is 10.4 Å². The van der Waals surface area contributed by atoms with E-state index in [0.29, 0.717) is 5.75 Å². The maximum atomic E-state index is 11.7. The van der Waals surface area contributed by atoms with Crippen LogP contribution in [0.15, 0.2) is 65.1 Å². The fourth-order valence-electron chi connectivity index (χ4n) is 2.17. The monoisotopic (exact) mass is 351 g/mol. The number of hydrazone groups is 1. The molecule has 0 unspecified atom stereocenters. The number of ether oxygens (including phenoxy) is 1. The molecule has 3 rings (SSSR count). The van der Waals surface area contributed by atoms with Gasteiger partial charge in [-0.1, -0.05) is 42.5 Å². The molecule has 1 amide bonds. The molecule has 6 heteroatoms. The van der Waals surface area contributed by atoms with Crippen molar-refractivity contribution in [3.63, 3.8) is 0 Å². The first-order chi connectivity index (χ1) is 12.2. The number of aryl methyl sites for hydroxylation is 1. The Morgan fingerprint density at radius 3 is 2.56 bits per heavy atom. The summed E-state index contributed by atoms with van der Waals surface area (Å²) >= 11 is 1.53. The topological polar surface area (TPSA) is 63.6 Å². The highest BCUT2D eigenvalue weighted by atomic mass is 32.1. The van der Waals surface area contributed by atoms with Crippen LogP contribution in [0.5, 0.6) is 5.75 Å². The van der Waals surface area contributed by atoms with Gasteiger partial charge in [0.1, 0.15) is 5.75 Å². The number of hydrogen-bond acceptors (Lipinski definition) is 5. The van der Waals surface area contributed by atoms with Crippen LogP contribution in [0.2, 0.25) is 0 Å². The zero-order valence-electron chi connectivity index (χ0n) is 13.7. The van der Waals surface area contributed by atoms with Crippen LogP contribution in [0.4, 0.5) is 0 Å². The molecule has 0 radical (unpaired) electrons. The maximum absolute atomic E-state index is 11.7. The van der Waals surface area contributed by atoms with E-state index in [0.717, 1.165) is 21.8 Å². The van der Waals surface area contributed by atoms with Gasteiger partial charge >= 0.3 is 0 Å². The van der Waals surface area contributed by atoms with Gasteiger partial charge in [-0.3, -0.25) is 4.79 Å². The Bertz CT molecular complexity index is 858. The summed E-state index contributed by atoms with van der Waals surface area (Å²) < 4.78 is 5.47. The normalized spacial score (nSPS) is 10.8. The summed E-state index contributed by atoms with van der Waals surface area (Å²) in [6.45, 7) is 1.82. The number of hydrogen-bond donors (Lipinski definition) is 1. The number of rotatable bonds is 6. The molecule has 0 bridgehead atoms. The summed E-state index contributed by atoms with van der Waals surface area (Å²) in [4.78, 5) is 16.0. The lowest BCUT2D eigenvalue weighted by Gasteiger charge is -2.06. The second kappa shape index (κ2) is 8.21. The van der Waals surface area contributed by atoms with E-state index in [1.165, 1.54) is 17.6 Å². The molecule has 1 heterocycles. The van der Waals surface area contributed by atoms with E-state index < -0.39 is 0 Å². The molecule has 0 spiro atoms. The fraction of sp³-hybridized carbons (Fsp3) is 0.105. The SMILES string of the molecule is Cc1nc(/C=N\NC(=O)COc2ccc(-c3ccccc3)cc2)cs1. The molecule has 5 nitrogen and oxygen atoms in total. The van der Waals surface area contributed by atoms with Crippen molar-refractivity contribution < 1.29 is 9.53 Å². The Kier molecular flexibility index (Phi) is 5.53. The van der Waals surface area contributed by atoms with Crippen molar-refractivity contribution in [2.45, 2.75) is 6.92 Å². The molecule has 3 aromatic rings. The predicted molar refractivity (Wildman–Crippen MR) is 100.0 cm³/mol. The van der Waals surface area contributed by atoms with Gasteiger partial charge in [0.25, 0.3) is 5.91 Å². The van der Waals surface area contributed by atoms with E-state index in [2.05, 4.69) is 15.5 Å². The standard InChI is InChI=1S/C19H17N3O2S/c1-14-21-17(13-25-14)11-20-22-19(23)12-24-18-9-7-16(8-10-18)15-5-3-2-4-6-15/h2-11,13H,12H2,1H3,(H,22,23)/b20-11-. The second-order valence-corrected chi connectivity index (χ2v) is 6.33. The number of amides is 1. The summed E-state index contributed by atoms with van der Waals surface area (Å²) in [5, 5.41) is 6.69. The first-order valence-corrected chi connectivity index (χ1v) is 8.61. The third-order valence-corrected chi connectivity index (χ3v) is 4.15. The molecule has 1 N–H and O–H groups in total. The smallest absolute Gasteiger partial charge is 0.277 e. The largest absolute Gasteiger partial charge is 0.484 e. The Hall–Kier alpha value is -2.99. The van der Waals surface area contributed by atoms with E-state index in [-0.39, 0.29) is 12.5 Å². The summed E-state index contributed by atoms with van der Waals surface area (Å²) in [7, 11) is 0. The molecule has 126 valence electrons. The van der Waals surface area contributed by atoms with Gasteiger partial charge in [0.2, 0.25) is 0 Å². The van der Waals surface area contributed by atoms with Crippen LogP contribution < -0.4 is 10.2 Å². The highest BCUT2D eigenvalue weighted by Gasteiger charge is 2.03. The number of carbonyl (C=O) groups excluding carboxylic acids is 1.